The van der Waals surface area contributed by atoms with E-state index in [1.165, 1.54) is 22.9 Å². The second-order valence-corrected chi connectivity index (χ2v) is 12.6. The molecule has 104 valence electrons. The van der Waals surface area contributed by atoms with E-state index in [2.05, 4.69) is 23.2 Å². The highest BCUT2D eigenvalue weighted by molar-refractivity contribution is 9.26. The van der Waals surface area contributed by atoms with Gasteiger partial charge in [-0.25, -0.2) is 4.98 Å². The summed E-state index contributed by atoms with van der Waals surface area (Å²) in [5.41, 5.74) is 1.11. The van der Waals surface area contributed by atoms with Crippen LogP contribution in [-0.4, -0.2) is 27.6 Å². The van der Waals surface area contributed by atoms with Gasteiger partial charge in [-0.3, -0.25) is 0 Å². The second kappa shape index (κ2) is 9.59. The molecule has 2 nitrogen and oxygen atoms in total. The van der Waals surface area contributed by atoms with Gasteiger partial charge in [0.05, 0.1) is 10.2 Å². The molecule has 1 aromatic carbocycles. The Bertz CT molecular complexity index is 462. The fourth-order valence-corrected chi connectivity index (χ4v) is 9.90. The number of benzene rings is 1. The van der Waals surface area contributed by atoms with Crippen molar-refractivity contribution in [1.82, 2.24) is 4.98 Å². The summed E-state index contributed by atoms with van der Waals surface area (Å²) in [6.07, 6.45) is 1.28. The molecule has 0 radical (unpaired) electrons. The summed E-state index contributed by atoms with van der Waals surface area (Å²) in [7, 11) is 8.96. The lowest BCUT2D eigenvalue weighted by atomic mass is 10.3. The standard InChI is InChI=1S/C11H15NOS5Si/c1-13-19-8-4-7-14-17-18-16-11-12-9-5-2-3-6-10(9)15-11/h2-3,5-6H,4,7-8,19H2,1H3. The van der Waals surface area contributed by atoms with Crippen molar-refractivity contribution < 1.29 is 4.43 Å². The van der Waals surface area contributed by atoms with Crippen molar-refractivity contribution in [2.24, 2.45) is 0 Å². The van der Waals surface area contributed by atoms with Crippen LogP contribution >= 0.6 is 52.6 Å². The third-order valence-corrected chi connectivity index (χ3v) is 11.1. The molecule has 8 heteroatoms. The molecular weight excluding hydrogens is 351 g/mol. The van der Waals surface area contributed by atoms with Crippen molar-refractivity contribution in [2.45, 2.75) is 16.8 Å². The zero-order valence-electron chi connectivity index (χ0n) is 10.5. The van der Waals surface area contributed by atoms with Gasteiger partial charge in [-0.15, -0.1) is 11.3 Å². The van der Waals surface area contributed by atoms with Gasteiger partial charge in [0.15, 0.2) is 14.1 Å². The lowest BCUT2D eigenvalue weighted by Crippen LogP contribution is -1.92. The molecule has 19 heavy (non-hydrogen) atoms. The average Bonchev–Trinajstić information content (AvgIpc) is 2.84. The minimum absolute atomic E-state index is 0.217. The van der Waals surface area contributed by atoms with Crippen molar-refractivity contribution in [3.8, 4) is 0 Å². The zero-order valence-corrected chi connectivity index (χ0v) is 16.0. The number of aromatic nitrogens is 1. The number of nitrogens with zero attached hydrogens (tertiary/aromatic N) is 1. The maximum absolute atomic E-state index is 5.16. The van der Waals surface area contributed by atoms with Crippen LogP contribution < -0.4 is 0 Å². The Balaban J connectivity index is 1.60. The van der Waals surface area contributed by atoms with E-state index in [9.17, 15) is 0 Å². The molecular formula is C11H15NOS5Si. The highest BCUT2D eigenvalue weighted by atomic mass is 33.7. The molecule has 2 aromatic rings. The fourth-order valence-electron chi connectivity index (χ4n) is 1.39. The normalized spacial score (nSPS) is 11.8. The molecule has 0 N–H and O–H groups in total. The molecule has 0 fully saturated rings. The molecule has 0 bridgehead atoms. The SMILES string of the molecule is CO[SiH2]CCCSSSSc1nc2ccccc2s1. The van der Waals surface area contributed by atoms with Crippen LogP contribution in [0, 0.1) is 0 Å². The first kappa shape index (κ1) is 16.1. The molecule has 0 saturated carbocycles. The summed E-state index contributed by atoms with van der Waals surface area (Å²) in [6.45, 7) is 0. The first-order valence-corrected chi connectivity index (χ1v) is 13.3. The summed E-state index contributed by atoms with van der Waals surface area (Å²) in [5.74, 6) is 1.22. The van der Waals surface area contributed by atoms with Gasteiger partial charge in [-0.2, -0.15) is 0 Å². The van der Waals surface area contributed by atoms with E-state index in [0.29, 0.717) is 0 Å². The first-order valence-electron chi connectivity index (χ1n) is 5.87. The predicted octanol–water partition coefficient (Wildman–Crippen LogP) is 4.87. The summed E-state index contributed by atoms with van der Waals surface area (Å²) in [6, 6.07) is 9.60. The maximum atomic E-state index is 5.16. The zero-order chi connectivity index (χ0) is 13.3. The van der Waals surface area contributed by atoms with Crippen molar-refractivity contribution in [1.29, 1.82) is 0 Å². The highest BCUT2D eigenvalue weighted by Gasteiger charge is 2.04. The molecule has 0 atom stereocenters. The van der Waals surface area contributed by atoms with Gasteiger partial charge in [-0.1, -0.05) is 22.9 Å². The molecule has 0 amide bonds. The van der Waals surface area contributed by atoms with Gasteiger partial charge in [0.1, 0.15) is 0 Å². The number of fused-ring (bicyclic) bond motifs is 1. The van der Waals surface area contributed by atoms with E-state index in [0.717, 1.165) is 9.86 Å². The van der Waals surface area contributed by atoms with Gasteiger partial charge < -0.3 is 4.43 Å². The van der Waals surface area contributed by atoms with Crippen LogP contribution in [0.15, 0.2) is 28.6 Å². The van der Waals surface area contributed by atoms with Crippen LogP contribution in [0.5, 0.6) is 0 Å². The summed E-state index contributed by atoms with van der Waals surface area (Å²) < 4.78 is 7.58. The number of hydrogen-bond acceptors (Lipinski definition) is 7. The van der Waals surface area contributed by atoms with Gasteiger partial charge >= 0.3 is 0 Å². The molecule has 2 rings (SSSR count). The highest BCUT2D eigenvalue weighted by Crippen LogP contribution is 2.48. The largest absolute Gasteiger partial charge is 0.427 e. The van der Waals surface area contributed by atoms with E-state index in [1.807, 2.05) is 43.6 Å². The van der Waals surface area contributed by atoms with Gasteiger partial charge in [0.2, 0.25) is 0 Å². The average molecular weight is 366 g/mol. The molecule has 0 aliphatic heterocycles. The van der Waals surface area contributed by atoms with E-state index < -0.39 is 0 Å². The molecule has 1 heterocycles. The fraction of sp³-hybridized carbons (Fsp3) is 0.364. The van der Waals surface area contributed by atoms with Gasteiger partial charge in [0, 0.05) is 12.9 Å². The van der Waals surface area contributed by atoms with Crippen LogP contribution in [0.2, 0.25) is 6.04 Å². The van der Waals surface area contributed by atoms with E-state index in [4.69, 9.17) is 4.43 Å². The second-order valence-electron chi connectivity index (χ2n) is 3.69. The third kappa shape index (κ3) is 5.90. The molecule has 1 aromatic heterocycles. The van der Waals surface area contributed by atoms with Gasteiger partial charge in [0.25, 0.3) is 0 Å². The van der Waals surface area contributed by atoms with Crippen molar-refractivity contribution in [3.05, 3.63) is 24.3 Å². The summed E-state index contributed by atoms with van der Waals surface area (Å²) in [4.78, 5) is 4.60. The maximum Gasteiger partial charge on any atom is 0.162 e. The Hall–Kier alpha value is 0.687. The van der Waals surface area contributed by atoms with E-state index in [1.54, 1.807) is 22.1 Å². The topological polar surface area (TPSA) is 22.1 Å². The number of para-hydroxylation sites is 1. The minimum atomic E-state index is -0.217. The summed E-state index contributed by atoms with van der Waals surface area (Å²) in [5, 5.41) is 0. The number of rotatable bonds is 9. The van der Waals surface area contributed by atoms with Crippen molar-refractivity contribution in [3.63, 3.8) is 0 Å². The Morgan fingerprint density at radius 3 is 3.05 bits per heavy atom. The quantitative estimate of drug-likeness (QED) is 0.357. The van der Waals surface area contributed by atoms with Gasteiger partial charge in [-0.05, 0) is 55.0 Å². The Labute approximate surface area is 135 Å². The monoisotopic (exact) mass is 365 g/mol. The Morgan fingerprint density at radius 2 is 2.21 bits per heavy atom. The van der Waals surface area contributed by atoms with E-state index >= 15 is 0 Å². The molecule has 0 aliphatic rings. The van der Waals surface area contributed by atoms with Crippen LogP contribution in [0.25, 0.3) is 10.2 Å². The molecule has 0 saturated heterocycles. The minimum Gasteiger partial charge on any atom is -0.427 e. The van der Waals surface area contributed by atoms with Crippen LogP contribution in [0.3, 0.4) is 0 Å². The van der Waals surface area contributed by atoms with Crippen LogP contribution in [-0.2, 0) is 4.43 Å². The lowest BCUT2D eigenvalue weighted by Gasteiger charge is -1.98. The Kier molecular flexibility index (Phi) is 8.11. The molecule has 0 spiro atoms. The van der Waals surface area contributed by atoms with Crippen molar-refractivity contribution in [2.75, 3.05) is 12.9 Å². The van der Waals surface area contributed by atoms with E-state index in [-0.39, 0.29) is 9.76 Å². The lowest BCUT2D eigenvalue weighted by molar-refractivity contribution is 0.440. The first-order chi connectivity index (χ1) is 9.40. The molecule has 0 aliphatic carbocycles. The van der Waals surface area contributed by atoms with Crippen LogP contribution in [0.1, 0.15) is 6.42 Å². The summed E-state index contributed by atoms with van der Waals surface area (Å²) >= 11 is 1.77. The predicted molar refractivity (Wildman–Crippen MR) is 98.1 cm³/mol. The Morgan fingerprint density at radius 1 is 1.32 bits per heavy atom. The van der Waals surface area contributed by atoms with Crippen molar-refractivity contribution >= 4 is 72.6 Å². The smallest absolute Gasteiger partial charge is 0.162 e. The number of hydrogen-bond donors (Lipinski definition) is 0. The molecule has 0 unspecified atom stereocenters. The van der Waals surface area contributed by atoms with Crippen LogP contribution in [0.4, 0.5) is 0 Å². The third-order valence-electron chi connectivity index (χ3n) is 2.28. The number of thiazole rings is 1.